The van der Waals surface area contributed by atoms with Crippen LogP contribution in [0.2, 0.25) is 0 Å². The van der Waals surface area contributed by atoms with Crippen LogP contribution in [0.25, 0.3) is 0 Å². The minimum atomic E-state index is 0.653. The van der Waals surface area contributed by atoms with E-state index in [1.54, 1.807) is 0 Å². The molecule has 0 radical (unpaired) electrons. The van der Waals surface area contributed by atoms with Gasteiger partial charge in [0.1, 0.15) is 11.6 Å². The molecule has 0 atom stereocenters. The van der Waals surface area contributed by atoms with Crippen molar-refractivity contribution in [3.8, 4) is 0 Å². The second kappa shape index (κ2) is 3.86. The summed E-state index contributed by atoms with van der Waals surface area (Å²) in [6.45, 7) is 0. The molecule has 1 aromatic rings. The van der Waals surface area contributed by atoms with E-state index in [2.05, 4.69) is 10.3 Å². The fourth-order valence-electron chi connectivity index (χ4n) is 1.51. The van der Waals surface area contributed by atoms with E-state index in [-0.39, 0.29) is 0 Å². The Balaban J connectivity index is 2.05. The fraction of sp³-hybridized carbons (Fsp3) is 0.545. The van der Waals surface area contributed by atoms with Gasteiger partial charge in [-0.2, -0.15) is 0 Å². The van der Waals surface area contributed by atoms with Crippen LogP contribution in [0.5, 0.6) is 0 Å². The second-order valence-corrected chi connectivity index (χ2v) is 4.05. The van der Waals surface area contributed by atoms with E-state index in [9.17, 15) is 0 Å². The minimum Gasteiger partial charge on any atom is -0.367 e. The first-order chi connectivity index (χ1) is 6.75. The maximum absolute atomic E-state index is 4.51. The highest BCUT2D eigenvalue weighted by atomic mass is 15.2. The molecule has 1 saturated carbocycles. The number of hydrogen-bond donors (Lipinski definition) is 1. The van der Waals surface area contributed by atoms with Crippen molar-refractivity contribution in [1.29, 1.82) is 0 Å². The minimum absolute atomic E-state index is 0.653. The Labute approximate surface area is 85.1 Å². The topological polar surface area (TPSA) is 28.2 Å². The maximum Gasteiger partial charge on any atom is 0.130 e. The normalized spacial score (nSPS) is 16.1. The lowest BCUT2D eigenvalue weighted by atomic mass is 9.93. The SMILES string of the molecule is CN(C)c1cccc(NC2CCC2)n1. The van der Waals surface area contributed by atoms with Gasteiger partial charge in [-0.25, -0.2) is 4.98 Å². The Kier molecular flexibility index (Phi) is 2.57. The van der Waals surface area contributed by atoms with Gasteiger partial charge in [-0.1, -0.05) is 6.07 Å². The molecule has 14 heavy (non-hydrogen) atoms. The Morgan fingerprint density at radius 2 is 2.14 bits per heavy atom. The lowest BCUT2D eigenvalue weighted by Crippen LogP contribution is -2.27. The van der Waals surface area contributed by atoms with Gasteiger partial charge in [-0.05, 0) is 31.4 Å². The van der Waals surface area contributed by atoms with Crippen LogP contribution >= 0.6 is 0 Å². The molecule has 1 aliphatic rings. The standard InChI is InChI=1S/C11H17N3/c1-14(2)11-8-4-7-10(13-11)12-9-5-3-6-9/h4,7-9H,3,5-6H2,1-2H3,(H,12,13). The van der Waals surface area contributed by atoms with E-state index in [4.69, 9.17) is 0 Å². The molecule has 3 nitrogen and oxygen atoms in total. The van der Waals surface area contributed by atoms with Crippen LogP contribution in [-0.4, -0.2) is 25.1 Å². The molecule has 0 aliphatic heterocycles. The van der Waals surface area contributed by atoms with Gasteiger partial charge in [0.2, 0.25) is 0 Å². The van der Waals surface area contributed by atoms with Gasteiger partial charge in [0, 0.05) is 20.1 Å². The summed E-state index contributed by atoms with van der Waals surface area (Å²) in [5, 5.41) is 3.44. The van der Waals surface area contributed by atoms with E-state index in [0.29, 0.717) is 6.04 Å². The van der Waals surface area contributed by atoms with Crippen molar-refractivity contribution >= 4 is 11.6 Å². The molecule has 1 aromatic heterocycles. The predicted molar refractivity (Wildman–Crippen MR) is 59.8 cm³/mol. The molecule has 1 heterocycles. The predicted octanol–water partition coefficient (Wildman–Crippen LogP) is 2.11. The van der Waals surface area contributed by atoms with E-state index in [0.717, 1.165) is 11.6 Å². The summed E-state index contributed by atoms with van der Waals surface area (Å²) >= 11 is 0. The average Bonchev–Trinajstić information content (AvgIpc) is 2.12. The third kappa shape index (κ3) is 1.97. The van der Waals surface area contributed by atoms with Crippen LogP contribution < -0.4 is 10.2 Å². The van der Waals surface area contributed by atoms with Crippen LogP contribution in [0.4, 0.5) is 11.6 Å². The summed E-state index contributed by atoms with van der Waals surface area (Å²) < 4.78 is 0. The Bertz CT molecular complexity index is 305. The first-order valence-electron chi connectivity index (χ1n) is 5.16. The van der Waals surface area contributed by atoms with Gasteiger partial charge in [0.15, 0.2) is 0 Å². The van der Waals surface area contributed by atoms with E-state index in [1.807, 2.05) is 37.2 Å². The number of nitrogens with zero attached hydrogens (tertiary/aromatic N) is 2. The van der Waals surface area contributed by atoms with Crippen LogP contribution in [0.3, 0.4) is 0 Å². The van der Waals surface area contributed by atoms with E-state index in [1.165, 1.54) is 19.3 Å². The fourth-order valence-corrected chi connectivity index (χ4v) is 1.51. The van der Waals surface area contributed by atoms with Gasteiger partial charge < -0.3 is 10.2 Å². The molecule has 76 valence electrons. The van der Waals surface area contributed by atoms with Gasteiger partial charge in [0.25, 0.3) is 0 Å². The zero-order valence-corrected chi connectivity index (χ0v) is 8.83. The molecule has 3 heteroatoms. The van der Waals surface area contributed by atoms with Crippen molar-refractivity contribution in [1.82, 2.24) is 4.98 Å². The van der Waals surface area contributed by atoms with Gasteiger partial charge in [0.05, 0.1) is 0 Å². The molecular formula is C11H17N3. The van der Waals surface area contributed by atoms with Gasteiger partial charge in [-0.3, -0.25) is 0 Å². The quantitative estimate of drug-likeness (QED) is 0.793. The summed E-state index contributed by atoms with van der Waals surface area (Å²) in [6.07, 6.45) is 3.92. The highest BCUT2D eigenvalue weighted by Crippen LogP contribution is 2.22. The molecule has 0 aromatic carbocycles. The molecule has 1 N–H and O–H groups in total. The number of pyridine rings is 1. The molecular weight excluding hydrogens is 174 g/mol. The van der Waals surface area contributed by atoms with Gasteiger partial charge in [-0.15, -0.1) is 0 Å². The number of hydrogen-bond acceptors (Lipinski definition) is 3. The Hall–Kier alpha value is -1.25. The lowest BCUT2D eigenvalue weighted by Gasteiger charge is -2.27. The summed E-state index contributed by atoms with van der Waals surface area (Å²) in [5.74, 6) is 2.01. The summed E-state index contributed by atoms with van der Waals surface area (Å²) in [7, 11) is 4.02. The third-order valence-electron chi connectivity index (χ3n) is 2.65. The van der Waals surface area contributed by atoms with Crippen molar-refractivity contribution in [2.75, 3.05) is 24.3 Å². The molecule has 1 aliphatic carbocycles. The third-order valence-corrected chi connectivity index (χ3v) is 2.65. The summed E-state index contributed by atoms with van der Waals surface area (Å²) in [4.78, 5) is 6.53. The Morgan fingerprint density at radius 1 is 1.36 bits per heavy atom. The molecule has 0 saturated heterocycles. The zero-order valence-electron chi connectivity index (χ0n) is 8.83. The number of anilines is 2. The molecule has 1 fully saturated rings. The Morgan fingerprint density at radius 3 is 2.71 bits per heavy atom. The van der Waals surface area contributed by atoms with Crippen LogP contribution in [0.15, 0.2) is 18.2 Å². The number of aromatic nitrogens is 1. The van der Waals surface area contributed by atoms with Crippen molar-refractivity contribution < 1.29 is 0 Å². The van der Waals surface area contributed by atoms with Crippen molar-refractivity contribution in [3.05, 3.63) is 18.2 Å². The lowest BCUT2D eigenvalue weighted by molar-refractivity contribution is 0.444. The maximum atomic E-state index is 4.51. The first-order valence-corrected chi connectivity index (χ1v) is 5.16. The van der Waals surface area contributed by atoms with Crippen molar-refractivity contribution in [2.24, 2.45) is 0 Å². The van der Waals surface area contributed by atoms with Crippen molar-refractivity contribution in [2.45, 2.75) is 25.3 Å². The van der Waals surface area contributed by atoms with E-state index >= 15 is 0 Å². The molecule has 0 amide bonds. The largest absolute Gasteiger partial charge is 0.367 e. The van der Waals surface area contributed by atoms with Crippen molar-refractivity contribution in [3.63, 3.8) is 0 Å². The monoisotopic (exact) mass is 191 g/mol. The van der Waals surface area contributed by atoms with Gasteiger partial charge >= 0.3 is 0 Å². The van der Waals surface area contributed by atoms with Crippen LogP contribution in [0.1, 0.15) is 19.3 Å². The van der Waals surface area contributed by atoms with Crippen LogP contribution in [0, 0.1) is 0 Å². The highest BCUT2D eigenvalue weighted by molar-refractivity contribution is 5.46. The number of nitrogens with one attached hydrogen (secondary N) is 1. The second-order valence-electron chi connectivity index (χ2n) is 4.05. The first kappa shape index (κ1) is 9.31. The molecule has 0 unspecified atom stereocenters. The molecule has 0 spiro atoms. The smallest absolute Gasteiger partial charge is 0.130 e. The van der Waals surface area contributed by atoms with Crippen LogP contribution in [-0.2, 0) is 0 Å². The number of rotatable bonds is 3. The highest BCUT2D eigenvalue weighted by Gasteiger charge is 2.17. The molecule has 0 bridgehead atoms. The zero-order chi connectivity index (χ0) is 9.97. The van der Waals surface area contributed by atoms with E-state index < -0.39 is 0 Å². The molecule has 2 rings (SSSR count). The average molecular weight is 191 g/mol. The summed E-state index contributed by atoms with van der Waals surface area (Å²) in [6, 6.07) is 6.75. The summed E-state index contributed by atoms with van der Waals surface area (Å²) in [5.41, 5.74) is 0.